The second-order valence-electron chi connectivity index (χ2n) is 8.73. The molecule has 0 saturated heterocycles. The first-order chi connectivity index (χ1) is 17.1. The number of nitrogens with one attached hydrogen (secondary N) is 1. The van der Waals surface area contributed by atoms with E-state index in [0.29, 0.717) is 29.7 Å². The lowest BCUT2D eigenvalue weighted by molar-refractivity contribution is 0.397. The fraction of sp³-hybridized carbons (Fsp3) is 0.231. The van der Waals surface area contributed by atoms with Crippen LogP contribution >= 0.6 is 0 Å². The summed E-state index contributed by atoms with van der Waals surface area (Å²) >= 11 is 0. The SMILES string of the molecule is COc1ncnc(C2CC2)c1-c1ncc2[nH]cc(Cc3ccc(-c4nc(C#N)cn4C)cc3)c2n1. The van der Waals surface area contributed by atoms with Gasteiger partial charge in [0, 0.05) is 42.9 Å². The largest absolute Gasteiger partial charge is 0.480 e. The zero-order chi connectivity index (χ0) is 23.9. The summed E-state index contributed by atoms with van der Waals surface area (Å²) in [6.07, 6.45) is 9.99. The molecular formula is C26H22N8O. The van der Waals surface area contributed by atoms with E-state index in [1.165, 1.54) is 0 Å². The van der Waals surface area contributed by atoms with Gasteiger partial charge in [0.15, 0.2) is 11.5 Å². The molecule has 0 radical (unpaired) electrons. The third-order valence-corrected chi connectivity index (χ3v) is 6.32. The van der Waals surface area contributed by atoms with E-state index in [4.69, 9.17) is 15.0 Å². The summed E-state index contributed by atoms with van der Waals surface area (Å²) in [6, 6.07) is 10.3. The summed E-state index contributed by atoms with van der Waals surface area (Å²) in [4.78, 5) is 26.0. The number of aromatic nitrogens is 7. The molecular weight excluding hydrogens is 440 g/mol. The van der Waals surface area contributed by atoms with Gasteiger partial charge < -0.3 is 14.3 Å². The van der Waals surface area contributed by atoms with E-state index in [9.17, 15) is 0 Å². The number of hydrogen-bond acceptors (Lipinski definition) is 7. The number of hydrogen-bond donors (Lipinski definition) is 1. The molecule has 9 heteroatoms. The summed E-state index contributed by atoms with van der Waals surface area (Å²) in [7, 11) is 3.50. The van der Waals surface area contributed by atoms with Crippen LogP contribution in [-0.2, 0) is 13.5 Å². The molecule has 4 aromatic heterocycles. The Labute approximate surface area is 201 Å². The summed E-state index contributed by atoms with van der Waals surface area (Å²) in [5.41, 5.74) is 7.07. The summed E-state index contributed by atoms with van der Waals surface area (Å²) in [5, 5.41) is 9.11. The highest BCUT2D eigenvalue weighted by Gasteiger charge is 2.31. The van der Waals surface area contributed by atoms with Gasteiger partial charge in [0.25, 0.3) is 0 Å². The Bertz CT molecular complexity index is 1590. The van der Waals surface area contributed by atoms with Crippen molar-refractivity contribution in [2.45, 2.75) is 25.2 Å². The fourth-order valence-corrected chi connectivity index (χ4v) is 4.41. The van der Waals surface area contributed by atoms with Crippen LogP contribution in [0.1, 0.15) is 41.3 Å². The fourth-order valence-electron chi connectivity index (χ4n) is 4.41. The molecule has 1 fully saturated rings. The van der Waals surface area contributed by atoms with Gasteiger partial charge in [-0.2, -0.15) is 5.26 Å². The topological polar surface area (TPSA) is 118 Å². The number of aryl methyl sites for hydroxylation is 1. The van der Waals surface area contributed by atoms with Crippen molar-refractivity contribution in [2.24, 2.45) is 7.05 Å². The monoisotopic (exact) mass is 462 g/mol. The second-order valence-corrected chi connectivity index (χ2v) is 8.73. The van der Waals surface area contributed by atoms with Gasteiger partial charge in [0.1, 0.15) is 23.8 Å². The Morgan fingerprint density at radius 2 is 1.97 bits per heavy atom. The van der Waals surface area contributed by atoms with Crippen molar-refractivity contribution in [3.63, 3.8) is 0 Å². The molecule has 1 aliphatic rings. The van der Waals surface area contributed by atoms with Crippen molar-refractivity contribution in [3.8, 4) is 34.7 Å². The first-order valence-electron chi connectivity index (χ1n) is 11.4. The standard InChI is InChI=1S/C26H22N8O/c1-34-13-19(10-27)32-25(34)17-5-3-15(4-6-17)9-18-11-28-20-12-29-24(33-22(18)20)21-23(16-7-8-16)30-14-31-26(21)35-2/h3-6,11-14,16,28H,7-9H2,1-2H3. The average molecular weight is 463 g/mol. The summed E-state index contributed by atoms with van der Waals surface area (Å²) < 4.78 is 7.40. The molecule has 0 unspecified atom stereocenters. The number of methoxy groups -OCH3 is 1. The van der Waals surface area contributed by atoms with Crippen molar-refractivity contribution < 1.29 is 4.74 Å². The van der Waals surface area contributed by atoms with Crippen LogP contribution in [0.2, 0.25) is 0 Å². The van der Waals surface area contributed by atoms with E-state index in [0.717, 1.165) is 57.6 Å². The molecule has 0 amide bonds. The molecule has 1 saturated carbocycles. The van der Waals surface area contributed by atoms with Crippen LogP contribution in [-0.4, -0.2) is 41.6 Å². The number of imidazole rings is 1. The van der Waals surface area contributed by atoms with E-state index >= 15 is 0 Å². The number of rotatable bonds is 6. The van der Waals surface area contributed by atoms with Crippen LogP contribution in [0.25, 0.3) is 33.8 Å². The molecule has 172 valence electrons. The minimum Gasteiger partial charge on any atom is -0.480 e. The van der Waals surface area contributed by atoms with E-state index in [1.54, 1.807) is 25.8 Å². The van der Waals surface area contributed by atoms with Crippen LogP contribution in [0.4, 0.5) is 0 Å². The van der Waals surface area contributed by atoms with Gasteiger partial charge >= 0.3 is 0 Å². The Balaban J connectivity index is 1.33. The molecule has 4 heterocycles. The molecule has 1 N–H and O–H groups in total. The zero-order valence-electron chi connectivity index (χ0n) is 19.4. The van der Waals surface area contributed by atoms with Gasteiger partial charge in [-0.15, -0.1) is 0 Å². The molecule has 1 aliphatic carbocycles. The van der Waals surface area contributed by atoms with Gasteiger partial charge in [-0.1, -0.05) is 24.3 Å². The van der Waals surface area contributed by atoms with Crippen LogP contribution in [0.15, 0.2) is 49.2 Å². The van der Waals surface area contributed by atoms with Crippen molar-refractivity contribution in [1.29, 1.82) is 5.26 Å². The average Bonchev–Trinajstić information content (AvgIpc) is 3.57. The highest BCUT2D eigenvalue weighted by atomic mass is 16.5. The predicted molar refractivity (Wildman–Crippen MR) is 130 cm³/mol. The highest BCUT2D eigenvalue weighted by Crippen LogP contribution is 2.44. The normalized spacial score (nSPS) is 13.2. The van der Waals surface area contributed by atoms with Crippen molar-refractivity contribution in [1.82, 2.24) is 34.5 Å². The highest BCUT2D eigenvalue weighted by molar-refractivity contribution is 5.81. The predicted octanol–water partition coefficient (Wildman–Crippen LogP) is 4.16. The van der Waals surface area contributed by atoms with Gasteiger partial charge in [-0.05, 0) is 18.4 Å². The number of ether oxygens (including phenoxy) is 1. The molecule has 0 aliphatic heterocycles. The van der Waals surface area contributed by atoms with Gasteiger partial charge in [0.2, 0.25) is 5.88 Å². The summed E-state index contributed by atoms with van der Waals surface area (Å²) in [6.45, 7) is 0. The first-order valence-corrected chi connectivity index (χ1v) is 11.4. The Kier molecular flexibility index (Phi) is 4.99. The number of benzene rings is 1. The third-order valence-electron chi connectivity index (χ3n) is 6.32. The molecule has 0 spiro atoms. The lowest BCUT2D eigenvalue weighted by Crippen LogP contribution is -2.02. The number of nitrogens with zero attached hydrogens (tertiary/aromatic N) is 7. The van der Waals surface area contributed by atoms with E-state index in [1.807, 2.05) is 29.9 Å². The zero-order valence-corrected chi connectivity index (χ0v) is 19.4. The third kappa shape index (κ3) is 3.79. The minimum absolute atomic E-state index is 0.408. The van der Waals surface area contributed by atoms with E-state index in [2.05, 4.69) is 43.1 Å². The molecule has 0 bridgehead atoms. The number of nitriles is 1. The van der Waals surface area contributed by atoms with Crippen molar-refractivity contribution >= 4 is 11.0 Å². The maximum Gasteiger partial charge on any atom is 0.227 e. The molecule has 5 aromatic rings. The Hall–Kier alpha value is -4.58. The first kappa shape index (κ1) is 21.0. The lowest BCUT2D eigenvalue weighted by Gasteiger charge is -2.10. The van der Waals surface area contributed by atoms with E-state index < -0.39 is 0 Å². The van der Waals surface area contributed by atoms with Crippen LogP contribution in [0, 0.1) is 11.3 Å². The molecule has 35 heavy (non-hydrogen) atoms. The number of aromatic amines is 1. The van der Waals surface area contributed by atoms with Gasteiger partial charge in [-0.25, -0.2) is 24.9 Å². The maximum atomic E-state index is 9.11. The van der Waals surface area contributed by atoms with Crippen molar-refractivity contribution in [2.75, 3.05) is 7.11 Å². The van der Waals surface area contributed by atoms with Crippen molar-refractivity contribution in [3.05, 3.63) is 71.7 Å². The number of H-pyrrole nitrogens is 1. The van der Waals surface area contributed by atoms with Gasteiger partial charge in [-0.3, -0.25) is 0 Å². The van der Waals surface area contributed by atoms with Crippen LogP contribution in [0.3, 0.4) is 0 Å². The number of fused-ring (bicyclic) bond motifs is 1. The molecule has 6 rings (SSSR count). The van der Waals surface area contributed by atoms with E-state index in [-0.39, 0.29) is 0 Å². The molecule has 9 nitrogen and oxygen atoms in total. The summed E-state index contributed by atoms with van der Waals surface area (Å²) in [5.74, 6) is 2.26. The molecule has 1 aromatic carbocycles. The van der Waals surface area contributed by atoms with Crippen LogP contribution < -0.4 is 4.74 Å². The van der Waals surface area contributed by atoms with Gasteiger partial charge in [0.05, 0.1) is 30.0 Å². The lowest BCUT2D eigenvalue weighted by atomic mass is 10.0. The maximum absolute atomic E-state index is 9.11. The van der Waals surface area contributed by atoms with Crippen LogP contribution in [0.5, 0.6) is 5.88 Å². The molecule has 0 atom stereocenters. The second kappa shape index (κ2) is 8.33. The smallest absolute Gasteiger partial charge is 0.227 e. The quantitative estimate of drug-likeness (QED) is 0.402. The Morgan fingerprint density at radius 1 is 1.14 bits per heavy atom. The Morgan fingerprint density at radius 3 is 2.69 bits per heavy atom. The minimum atomic E-state index is 0.408.